The number of phenols is 1. The molecule has 2 aromatic rings. The second-order valence-electron chi connectivity index (χ2n) is 4.08. The quantitative estimate of drug-likeness (QED) is 0.806. The molecule has 0 aliphatic rings. The predicted octanol–water partition coefficient (Wildman–Crippen LogP) is 3.38. The number of hydrogen-bond donors (Lipinski definition) is 2. The number of para-hydroxylation sites is 2. The van der Waals surface area contributed by atoms with Crippen molar-refractivity contribution in [3.05, 3.63) is 59.7 Å². The van der Waals surface area contributed by atoms with Gasteiger partial charge in [0.1, 0.15) is 11.8 Å². The third kappa shape index (κ3) is 2.44. The Bertz CT molecular complexity index is 587. The highest BCUT2D eigenvalue weighted by molar-refractivity contribution is 5.57. The topological polar surface area (TPSA) is 56.0 Å². The predicted molar refractivity (Wildman–Crippen MR) is 71.3 cm³/mol. The van der Waals surface area contributed by atoms with Crippen LogP contribution in [0.4, 0.5) is 5.69 Å². The molecule has 90 valence electrons. The second-order valence-corrected chi connectivity index (χ2v) is 4.08. The zero-order valence-electron chi connectivity index (χ0n) is 10.1. The molecule has 0 aliphatic carbocycles. The van der Waals surface area contributed by atoms with Crippen LogP contribution in [0.25, 0.3) is 0 Å². The minimum absolute atomic E-state index is 0.145. The maximum absolute atomic E-state index is 9.70. The largest absolute Gasteiger partial charge is 0.506 e. The summed E-state index contributed by atoms with van der Waals surface area (Å²) >= 11 is 0. The third-order valence-corrected chi connectivity index (χ3v) is 2.83. The summed E-state index contributed by atoms with van der Waals surface area (Å²) in [6, 6.07) is 16.4. The molecule has 2 rings (SSSR count). The van der Waals surface area contributed by atoms with Crippen molar-refractivity contribution in [1.29, 1.82) is 5.26 Å². The first-order chi connectivity index (χ1) is 8.72. The molecule has 0 aliphatic heterocycles. The van der Waals surface area contributed by atoms with Crippen LogP contribution in [0.1, 0.15) is 17.2 Å². The number of nitriles is 1. The molecule has 0 saturated heterocycles. The lowest BCUT2D eigenvalue weighted by Crippen LogP contribution is -2.09. The first-order valence-electron chi connectivity index (χ1n) is 5.72. The number of aromatic hydroxyl groups is 1. The number of rotatable bonds is 3. The fraction of sp³-hybridized carbons (Fsp3) is 0.133. The summed E-state index contributed by atoms with van der Waals surface area (Å²) in [7, 11) is 0. The molecule has 2 aromatic carbocycles. The fourth-order valence-corrected chi connectivity index (χ4v) is 1.84. The summed E-state index contributed by atoms with van der Waals surface area (Å²) in [5.74, 6) is 0.145. The van der Waals surface area contributed by atoms with Crippen molar-refractivity contribution in [3.63, 3.8) is 0 Å². The first-order valence-corrected chi connectivity index (χ1v) is 5.72. The SMILES string of the molecule is Cc1ccccc1[C@@H](C#N)Nc1ccccc1O. The van der Waals surface area contributed by atoms with Gasteiger partial charge in [0.15, 0.2) is 0 Å². The van der Waals surface area contributed by atoms with Gasteiger partial charge in [-0.1, -0.05) is 36.4 Å². The van der Waals surface area contributed by atoms with Crippen LogP contribution in [0.3, 0.4) is 0 Å². The first kappa shape index (κ1) is 12.0. The molecule has 0 spiro atoms. The van der Waals surface area contributed by atoms with Gasteiger partial charge in [-0.15, -0.1) is 0 Å². The van der Waals surface area contributed by atoms with Crippen molar-refractivity contribution >= 4 is 5.69 Å². The van der Waals surface area contributed by atoms with Gasteiger partial charge in [0.2, 0.25) is 0 Å². The summed E-state index contributed by atoms with van der Waals surface area (Å²) in [4.78, 5) is 0. The summed E-state index contributed by atoms with van der Waals surface area (Å²) in [6.07, 6.45) is 0. The smallest absolute Gasteiger partial charge is 0.140 e. The van der Waals surface area contributed by atoms with Crippen LogP contribution >= 0.6 is 0 Å². The van der Waals surface area contributed by atoms with E-state index in [4.69, 9.17) is 0 Å². The van der Waals surface area contributed by atoms with Crippen LogP contribution in [-0.4, -0.2) is 5.11 Å². The van der Waals surface area contributed by atoms with E-state index in [1.54, 1.807) is 18.2 Å². The molecule has 0 saturated carbocycles. The summed E-state index contributed by atoms with van der Waals surface area (Å²) < 4.78 is 0. The van der Waals surface area contributed by atoms with Gasteiger partial charge in [-0.05, 0) is 30.2 Å². The second kappa shape index (κ2) is 5.24. The van der Waals surface area contributed by atoms with Gasteiger partial charge in [0.05, 0.1) is 11.8 Å². The molecule has 0 amide bonds. The van der Waals surface area contributed by atoms with Gasteiger partial charge in [-0.3, -0.25) is 0 Å². The molecule has 3 nitrogen and oxygen atoms in total. The molecule has 2 N–H and O–H groups in total. The van der Waals surface area contributed by atoms with E-state index in [0.717, 1.165) is 11.1 Å². The normalized spacial score (nSPS) is 11.6. The lowest BCUT2D eigenvalue weighted by molar-refractivity contribution is 0.477. The zero-order valence-corrected chi connectivity index (χ0v) is 10.1. The molecule has 1 atom stereocenters. The van der Waals surface area contributed by atoms with Gasteiger partial charge in [0, 0.05) is 0 Å². The van der Waals surface area contributed by atoms with E-state index in [2.05, 4.69) is 11.4 Å². The number of aryl methyl sites for hydroxylation is 1. The van der Waals surface area contributed by atoms with Gasteiger partial charge in [0.25, 0.3) is 0 Å². The van der Waals surface area contributed by atoms with E-state index in [-0.39, 0.29) is 5.75 Å². The molecular formula is C15H14N2O. The lowest BCUT2D eigenvalue weighted by atomic mass is 10.0. The van der Waals surface area contributed by atoms with Crippen molar-refractivity contribution in [2.24, 2.45) is 0 Å². The molecule has 0 unspecified atom stereocenters. The third-order valence-electron chi connectivity index (χ3n) is 2.83. The molecule has 0 aromatic heterocycles. The van der Waals surface area contributed by atoms with Gasteiger partial charge >= 0.3 is 0 Å². The van der Waals surface area contributed by atoms with E-state index >= 15 is 0 Å². The number of anilines is 1. The van der Waals surface area contributed by atoms with Crippen molar-refractivity contribution in [2.45, 2.75) is 13.0 Å². The highest BCUT2D eigenvalue weighted by atomic mass is 16.3. The van der Waals surface area contributed by atoms with Gasteiger partial charge in [-0.25, -0.2) is 0 Å². The Morgan fingerprint density at radius 3 is 2.44 bits per heavy atom. The molecular weight excluding hydrogens is 224 g/mol. The molecule has 18 heavy (non-hydrogen) atoms. The van der Waals surface area contributed by atoms with Crippen LogP contribution in [0.15, 0.2) is 48.5 Å². The van der Waals surface area contributed by atoms with Crippen molar-refractivity contribution in [2.75, 3.05) is 5.32 Å². The zero-order chi connectivity index (χ0) is 13.0. The van der Waals surface area contributed by atoms with Crippen LogP contribution in [-0.2, 0) is 0 Å². The highest BCUT2D eigenvalue weighted by Gasteiger charge is 2.13. The van der Waals surface area contributed by atoms with Gasteiger partial charge in [-0.2, -0.15) is 5.26 Å². The number of phenolic OH excluding ortho intramolecular Hbond substituents is 1. The molecule has 0 radical (unpaired) electrons. The van der Waals surface area contributed by atoms with Crippen LogP contribution < -0.4 is 5.32 Å². The van der Waals surface area contributed by atoms with E-state index in [9.17, 15) is 10.4 Å². The van der Waals surface area contributed by atoms with Gasteiger partial charge < -0.3 is 10.4 Å². The van der Waals surface area contributed by atoms with Crippen molar-refractivity contribution in [1.82, 2.24) is 0 Å². The maximum atomic E-state index is 9.70. The highest BCUT2D eigenvalue weighted by Crippen LogP contribution is 2.27. The summed E-state index contributed by atoms with van der Waals surface area (Å²) in [5, 5.41) is 22.0. The average Bonchev–Trinajstić information content (AvgIpc) is 2.39. The molecule has 0 fully saturated rings. The number of hydrogen-bond acceptors (Lipinski definition) is 3. The Balaban J connectivity index is 2.30. The number of nitrogens with one attached hydrogen (secondary N) is 1. The number of nitrogens with zero attached hydrogens (tertiary/aromatic N) is 1. The van der Waals surface area contributed by atoms with Crippen LogP contribution in [0.5, 0.6) is 5.75 Å². The van der Waals surface area contributed by atoms with Crippen LogP contribution in [0.2, 0.25) is 0 Å². The lowest BCUT2D eigenvalue weighted by Gasteiger charge is -2.16. The summed E-state index contributed by atoms with van der Waals surface area (Å²) in [6.45, 7) is 1.96. The minimum Gasteiger partial charge on any atom is -0.506 e. The van der Waals surface area contributed by atoms with Crippen molar-refractivity contribution in [3.8, 4) is 11.8 Å². The van der Waals surface area contributed by atoms with E-state index in [0.29, 0.717) is 5.69 Å². The monoisotopic (exact) mass is 238 g/mol. The fourth-order valence-electron chi connectivity index (χ4n) is 1.84. The molecule has 0 heterocycles. The Kier molecular flexibility index (Phi) is 3.49. The standard InChI is InChI=1S/C15H14N2O/c1-11-6-2-3-7-12(11)14(10-16)17-13-8-4-5-9-15(13)18/h2-9,14,17-18H,1H3/t14-/m1/s1. The van der Waals surface area contributed by atoms with Crippen LogP contribution in [0, 0.1) is 18.3 Å². The molecule has 3 heteroatoms. The Labute approximate surface area is 106 Å². The average molecular weight is 238 g/mol. The van der Waals surface area contributed by atoms with E-state index < -0.39 is 6.04 Å². The molecule has 0 bridgehead atoms. The Hall–Kier alpha value is -2.47. The summed E-state index contributed by atoms with van der Waals surface area (Å²) in [5.41, 5.74) is 2.53. The minimum atomic E-state index is -0.473. The Morgan fingerprint density at radius 2 is 1.78 bits per heavy atom. The van der Waals surface area contributed by atoms with E-state index in [1.807, 2.05) is 37.3 Å². The maximum Gasteiger partial charge on any atom is 0.140 e. The number of benzene rings is 2. The van der Waals surface area contributed by atoms with E-state index in [1.165, 1.54) is 0 Å². The van der Waals surface area contributed by atoms with Crippen molar-refractivity contribution < 1.29 is 5.11 Å². The Morgan fingerprint density at radius 1 is 1.11 bits per heavy atom.